The van der Waals surface area contributed by atoms with Crippen LogP contribution in [0.15, 0.2) is 24.8 Å². The van der Waals surface area contributed by atoms with Crippen molar-refractivity contribution in [2.45, 2.75) is 72.6 Å². The van der Waals surface area contributed by atoms with Crippen molar-refractivity contribution in [3.63, 3.8) is 0 Å². The van der Waals surface area contributed by atoms with Crippen LogP contribution in [0.3, 0.4) is 0 Å². The third-order valence-corrected chi connectivity index (χ3v) is 1.81. The second kappa shape index (κ2) is 24.6. The molecule has 0 saturated heterocycles. The topological polar surface area (TPSA) is 26.0 Å². The molecule has 0 aromatic heterocycles. The maximum atomic E-state index is 5.38. The highest BCUT2D eigenvalue weighted by atomic mass is 14.5. The predicted molar refractivity (Wildman–Crippen MR) is 83.4 cm³/mol. The number of allylic oxidation sites excluding steroid dienone is 2. The summed E-state index contributed by atoms with van der Waals surface area (Å²) in [7, 11) is 0. The lowest BCUT2D eigenvalue weighted by molar-refractivity contribution is 0.617. The van der Waals surface area contributed by atoms with Gasteiger partial charge < -0.3 is 5.73 Å². The van der Waals surface area contributed by atoms with Crippen LogP contribution in [0.5, 0.6) is 0 Å². The molecule has 0 amide bonds. The molecule has 0 heterocycles. The summed E-state index contributed by atoms with van der Waals surface area (Å²) >= 11 is 0. The monoisotopic (exact) mass is 241 g/mol. The second-order valence-corrected chi connectivity index (χ2v) is 4.38. The van der Waals surface area contributed by atoms with E-state index < -0.39 is 0 Å². The SMILES string of the molecule is C=C(C)CCCCCCCN.C=CC.CCC. The van der Waals surface area contributed by atoms with Crippen LogP contribution in [0.1, 0.15) is 72.6 Å². The molecule has 1 heteroatoms. The van der Waals surface area contributed by atoms with Gasteiger partial charge in [-0.2, -0.15) is 0 Å². The van der Waals surface area contributed by atoms with Gasteiger partial charge in [-0.15, -0.1) is 13.2 Å². The molecule has 0 unspecified atom stereocenters. The Labute approximate surface area is 110 Å². The molecule has 0 rings (SSSR count). The fraction of sp³-hybridized carbons (Fsp3) is 0.750. The Hall–Kier alpha value is -0.560. The summed E-state index contributed by atoms with van der Waals surface area (Å²) in [5.41, 5.74) is 6.69. The number of hydrogen-bond acceptors (Lipinski definition) is 1. The van der Waals surface area contributed by atoms with Gasteiger partial charge in [-0.1, -0.05) is 51.2 Å². The van der Waals surface area contributed by atoms with E-state index in [0.717, 1.165) is 6.54 Å². The number of unbranched alkanes of at least 4 members (excludes halogenated alkanes) is 4. The minimum atomic E-state index is 0.848. The van der Waals surface area contributed by atoms with E-state index >= 15 is 0 Å². The van der Waals surface area contributed by atoms with Crippen LogP contribution in [0, 0.1) is 0 Å². The zero-order valence-corrected chi connectivity index (χ0v) is 12.7. The highest BCUT2D eigenvalue weighted by Crippen LogP contribution is 2.08. The number of hydrogen-bond donors (Lipinski definition) is 1. The molecule has 0 aliphatic rings. The van der Waals surface area contributed by atoms with E-state index in [1.54, 1.807) is 6.08 Å². The normalized spacial score (nSPS) is 8.29. The van der Waals surface area contributed by atoms with Gasteiger partial charge in [0.1, 0.15) is 0 Å². The molecule has 2 N–H and O–H groups in total. The van der Waals surface area contributed by atoms with Gasteiger partial charge >= 0.3 is 0 Å². The average molecular weight is 241 g/mol. The maximum absolute atomic E-state index is 5.38. The van der Waals surface area contributed by atoms with Crippen molar-refractivity contribution in [3.05, 3.63) is 24.8 Å². The Morgan fingerprint density at radius 2 is 1.41 bits per heavy atom. The van der Waals surface area contributed by atoms with E-state index in [1.807, 2.05) is 6.92 Å². The Balaban J connectivity index is -0.000000273. The van der Waals surface area contributed by atoms with Crippen LogP contribution < -0.4 is 5.73 Å². The first-order valence-corrected chi connectivity index (χ1v) is 7.02. The summed E-state index contributed by atoms with van der Waals surface area (Å²) in [6.45, 7) is 16.3. The number of nitrogens with two attached hydrogens (primary N) is 1. The average Bonchev–Trinajstić information content (AvgIpc) is 2.25. The predicted octanol–water partition coefficient (Wildman–Crippen LogP) is 5.47. The largest absolute Gasteiger partial charge is 0.330 e. The van der Waals surface area contributed by atoms with Crippen molar-refractivity contribution in [2.75, 3.05) is 6.54 Å². The van der Waals surface area contributed by atoms with E-state index in [2.05, 4.69) is 33.9 Å². The fourth-order valence-electron chi connectivity index (χ4n) is 1.10. The molecule has 0 aromatic rings. The highest BCUT2D eigenvalue weighted by Gasteiger charge is 1.89. The molecule has 17 heavy (non-hydrogen) atoms. The van der Waals surface area contributed by atoms with Crippen molar-refractivity contribution in [1.82, 2.24) is 0 Å². The Bertz CT molecular complexity index is 138. The standard InChI is InChI=1S/C10H21N.C3H8.C3H6/c1-10(2)8-6-4-3-5-7-9-11;2*1-3-2/h1,3-9,11H2,2H3;3H2,1-2H3;3H,1H2,2H3. The molecular weight excluding hydrogens is 206 g/mol. The third-order valence-electron chi connectivity index (χ3n) is 1.81. The summed E-state index contributed by atoms with van der Waals surface area (Å²) in [4.78, 5) is 0. The van der Waals surface area contributed by atoms with E-state index in [9.17, 15) is 0 Å². The Kier molecular flexibility index (Phi) is 31.4. The van der Waals surface area contributed by atoms with Crippen LogP contribution in [0.4, 0.5) is 0 Å². The van der Waals surface area contributed by atoms with Crippen molar-refractivity contribution < 1.29 is 0 Å². The van der Waals surface area contributed by atoms with E-state index in [1.165, 1.54) is 50.5 Å². The van der Waals surface area contributed by atoms with Gasteiger partial charge in [0.25, 0.3) is 0 Å². The van der Waals surface area contributed by atoms with Gasteiger partial charge in [0.15, 0.2) is 0 Å². The lowest BCUT2D eigenvalue weighted by Crippen LogP contribution is -1.97. The highest BCUT2D eigenvalue weighted by molar-refractivity contribution is 4.86. The van der Waals surface area contributed by atoms with Crippen molar-refractivity contribution >= 4 is 0 Å². The van der Waals surface area contributed by atoms with Gasteiger partial charge in [0.2, 0.25) is 0 Å². The number of rotatable bonds is 7. The van der Waals surface area contributed by atoms with Crippen LogP contribution in [0.2, 0.25) is 0 Å². The summed E-state index contributed by atoms with van der Waals surface area (Å²) in [6.07, 6.45) is 10.7. The van der Waals surface area contributed by atoms with Crippen LogP contribution in [-0.2, 0) is 0 Å². The van der Waals surface area contributed by atoms with Crippen LogP contribution in [-0.4, -0.2) is 6.54 Å². The molecule has 0 aliphatic heterocycles. The van der Waals surface area contributed by atoms with Gasteiger partial charge in [-0.3, -0.25) is 0 Å². The second-order valence-electron chi connectivity index (χ2n) is 4.38. The molecular formula is C16H35N. The van der Waals surface area contributed by atoms with E-state index in [4.69, 9.17) is 5.73 Å². The van der Waals surface area contributed by atoms with Crippen LogP contribution in [0.25, 0.3) is 0 Å². The third kappa shape index (κ3) is 50.4. The molecule has 1 nitrogen and oxygen atoms in total. The molecule has 0 atom stereocenters. The zero-order chi connectivity index (χ0) is 13.9. The first-order valence-electron chi connectivity index (χ1n) is 7.02. The molecule has 0 aliphatic carbocycles. The van der Waals surface area contributed by atoms with Crippen molar-refractivity contribution in [3.8, 4) is 0 Å². The first-order chi connectivity index (χ1) is 8.10. The summed E-state index contributed by atoms with van der Waals surface area (Å²) in [5, 5.41) is 0. The van der Waals surface area contributed by atoms with E-state index in [0.29, 0.717) is 0 Å². The quantitative estimate of drug-likeness (QED) is 0.464. The molecule has 0 aromatic carbocycles. The molecule has 0 spiro atoms. The fourth-order valence-corrected chi connectivity index (χ4v) is 1.10. The Morgan fingerprint density at radius 3 is 1.76 bits per heavy atom. The minimum Gasteiger partial charge on any atom is -0.330 e. The smallest absolute Gasteiger partial charge is 0.00773 e. The first kappa shape index (κ1) is 21.7. The minimum absolute atomic E-state index is 0.848. The van der Waals surface area contributed by atoms with Gasteiger partial charge in [0.05, 0.1) is 0 Å². The van der Waals surface area contributed by atoms with Crippen molar-refractivity contribution in [1.29, 1.82) is 0 Å². The molecule has 0 fully saturated rings. The van der Waals surface area contributed by atoms with Crippen molar-refractivity contribution in [2.24, 2.45) is 5.73 Å². The molecule has 104 valence electrons. The lowest BCUT2D eigenvalue weighted by atomic mass is 10.1. The molecule has 0 radical (unpaired) electrons. The zero-order valence-electron chi connectivity index (χ0n) is 12.7. The van der Waals surface area contributed by atoms with E-state index in [-0.39, 0.29) is 0 Å². The van der Waals surface area contributed by atoms with Gasteiger partial charge in [-0.25, -0.2) is 0 Å². The summed E-state index contributed by atoms with van der Waals surface area (Å²) in [6, 6.07) is 0. The van der Waals surface area contributed by atoms with Gasteiger partial charge in [0, 0.05) is 0 Å². The van der Waals surface area contributed by atoms with Crippen LogP contribution >= 0.6 is 0 Å². The maximum Gasteiger partial charge on any atom is -0.00773 e. The lowest BCUT2D eigenvalue weighted by Gasteiger charge is -1.99. The Morgan fingerprint density at radius 1 is 1.06 bits per heavy atom. The summed E-state index contributed by atoms with van der Waals surface area (Å²) in [5.74, 6) is 0. The summed E-state index contributed by atoms with van der Waals surface area (Å²) < 4.78 is 0. The molecule has 0 bridgehead atoms. The van der Waals surface area contributed by atoms with Gasteiger partial charge in [-0.05, 0) is 39.7 Å². The molecule has 0 saturated carbocycles.